The number of hydrogen-bond donors (Lipinski definition) is 1. The zero-order valence-corrected chi connectivity index (χ0v) is 10.7. The van der Waals surface area contributed by atoms with Crippen molar-refractivity contribution in [1.82, 2.24) is 0 Å². The molecule has 1 unspecified atom stereocenters. The van der Waals surface area contributed by atoms with E-state index in [2.05, 4.69) is 0 Å². The number of rotatable bonds is 5. The number of carbonyl (C=O) groups excluding carboxylic acids is 1. The molecule has 4 nitrogen and oxygen atoms in total. The summed E-state index contributed by atoms with van der Waals surface area (Å²) in [6, 6.07) is 5.44. The Morgan fingerprint density at radius 3 is 2.65 bits per heavy atom. The van der Waals surface area contributed by atoms with Gasteiger partial charge in [-0.1, -0.05) is 6.07 Å². The third-order valence-corrected chi connectivity index (χ3v) is 2.53. The first-order valence-corrected chi connectivity index (χ1v) is 5.54. The van der Waals surface area contributed by atoms with Gasteiger partial charge in [-0.05, 0) is 26.0 Å². The van der Waals surface area contributed by atoms with Gasteiger partial charge in [0, 0.05) is 13.6 Å². The Morgan fingerprint density at radius 1 is 1.53 bits per heavy atom. The van der Waals surface area contributed by atoms with Crippen molar-refractivity contribution in [3.05, 3.63) is 23.8 Å². The summed E-state index contributed by atoms with van der Waals surface area (Å²) in [6.07, 6.45) is -0.453. The fourth-order valence-corrected chi connectivity index (χ4v) is 1.86. The summed E-state index contributed by atoms with van der Waals surface area (Å²) >= 11 is 0. The number of methoxy groups -OCH3 is 1. The van der Waals surface area contributed by atoms with Crippen molar-refractivity contribution in [2.45, 2.75) is 20.0 Å². The molecular weight excluding hydrogens is 218 g/mol. The standard InChI is InChI=1S/C13H19NO3/c1-9(15)8-14(3)11-6-5-7-12(17-4)13(11)10(2)16/h5-7,9,15H,8H2,1-4H3. The van der Waals surface area contributed by atoms with Gasteiger partial charge in [-0.25, -0.2) is 0 Å². The molecule has 0 heterocycles. The van der Waals surface area contributed by atoms with Crippen LogP contribution in [0.2, 0.25) is 0 Å². The van der Waals surface area contributed by atoms with Gasteiger partial charge in [0.15, 0.2) is 5.78 Å². The second-order valence-electron chi connectivity index (χ2n) is 4.14. The fraction of sp³-hybridized carbons (Fsp3) is 0.462. The van der Waals surface area contributed by atoms with Crippen LogP contribution in [0.3, 0.4) is 0 Å². The number of likely N-dealkylation sites (N-methyl/N-ethyl adjacent to an activating group) is 1. The number of anilines is 1. The number of carbonyl (C=O) groups is 1. The van der Waals surface area contributed by atoms with E-state index in [9.17, 15) is 9.90 Å². The van der Waals surface area contributed by atoms with Gasteiger partial charge in [-0.3, -0.25) is 4.79 Å². The third kappa shape index (κ3) is 3.20. The summed E-state index contributed by atoms with van der Waals surface area (Å²) in [7, 11) is 3.38. The zero-order chi connectivity index (χ0) is 13.0. The molecule has 17 heavy (non-hydrogen) atoms. The van der Waals surface area contributed by atoms with Crippen LogP contribution >= 0.6 is 0 Å². The van der Waals surface area contributed by atoms with Crippen molar-refractivity contribution in [1.29, 1.82) is 0 Å². The Morgan fingerprint density at radius 2 is 2.18 bits per heavy atom. The van der Waals surface area contributed by atoms with Gasteiger partial charge in [0.2, 0.25) is 0 Å². The Balaban J connectivity index is 3.18. The highest BCUT2D eigenvalue weighted by molar-refractivity contribution is 6.02. The minimum atomic E-state index is -0.453. The highest BCUT2D eigenvalue weighted by atomic mass is 16.5. The summed E-state index contributed by atoms with van der Waals surface area (Å²) in [5.74, 6) is 0.516. The average molecular weight is 237 g/mol. The molecule has 94 valence electrons. The quantitative estimate of drug-likeness (QED) is 0.792. The van der Waals surface area contributed by atoms with Crippen LogP contribution in [0.4, 0.5) is 5.69 Å². The smallest absolute Gasteiger partial charge is 0.165 e. The minimum absolute atomic E-state index is 0.0464. The van der Waals surface area contributed by atoms with Crippen molar-refractivity contribution in [2.24, 2.45) is 0 Å². The molecule has 4 heteroatoms. The maximum atomic E-state index is 11.7. The van der Waals surface area contributed by atoms with Gasteiger partial charge in [-0.2, -0.15) is 0 Å². The molecule has 0 bridgehead atoms. The highest BCUT2D eigenvalue weighted by Crippen LogP contribution is 2.29. The van der Waals surface area contributed by atoms with E-state index < -0.39 is 6.10 Å². The monoisotopic (exact) mass is 237 g/mol. The summed E-state index contributed by atoms with van der Waals surface area (Å²) in [5.41, 5.74) is 1.33. The van der Waals surface area contributed by atoms with Crippen LogP contribution in [0.15, 0.2) is 18.2 Å². The number of ether oxygens (including phenoxy) is 1. The number of aliphatic hydroxyl groups excluding tert-OH is 1. The largest absolute Gasteiger partial charge is 0.496 e. The molecule has 1 rings (SSSR count). The molecule has 0 radical (unpaired) electrons. The second kappa shape index (κ2) is 5.68. The molecule has 0 spiro atoms. The average Bonchev–Trinajstić information content (AvgIpc) is 2.26. The Labute approximate surface area is 102 Å². The SMILES string of the molecule is COc1cccc(N(C)CC(C)O)c1C(C)=O. The minimum Gasteiger partial charge on any atom is -0.496 e. The van der Waals surface area contributed by atoms with E-state index in [0.29, 0.717) is 17.9 Å². The number of nitrogens with zero attached hydrogens (tertiary/aromatic N) is 1. The Bertz CT molecular complexity index is 402. The van der Waals surface area contributed by atoms with Crippen molar-refractivity contribution >= 4 is 11.5 Å². The summed E-state index contributed by atoms with van der Waals surface area (Å²) in [6.45, 7) is 3.69. The van der Waals surface area contributed by atoms with E-state index in [1.54, 1.807) is 20.1 Å². The van der Waals surface area contributed by atoms with Crippen LogP contribution in [0.5, 0.6) is 5.75 Å². The first kappa shape index (κ1) is 13.5. The van der Waals surface area contributed by atoms with Crippen molar-refractivity contribution in [2.75, 3.05) is 25.6 Å². The lowest BCUT2D eigenvalue weighted by molar-refractivity contribution is 0.101. The van der Waals surface area contributed by atoms with Crippen molar-refractivity contribution in [3.8, 4) is 5.75 Å². The van der Waals surface area contributed by atoms with E-state index in [-0.39, 0.29) is 5.78 Å². The molecule has 0 amide bonds. The van der Waals surface area contributed by atoms with Crippen LogP contribution in [0, 0.1) is 0 Å². The number of Topliss-reactive ketones (excluding diaryl/α,β-unsaturated/α-hetero) is 1. The summed E-state index contributed by atoms with van der Waals surface area (Å²) in [4.78, 5) is 13.5. The highest BCUT2D eigenvalue weighted by Gasteiger charge is 2.16. The number of benzene rings is 1. The molecule has 0 saturated carbocycles. The van der Waals surface area contributed by atoms with E-state index in [4.69, 9.17) is 4.74 Å². The van der Waals surface area contributed by atoms with E-state index in [1.807, 2.05) is 24.1 Å². The van der Waals surface area contributed by atoms with E-state index >= 15 is 0 Å². The van der Waals surface area contributed by atoms with Crippen LogP contribution in [0.25, 0.3) is 0 Å². The predicted molar refractivity (Wildman–Crippen MR) is 67.9 cm³/mol. The van der Waals surface area contributed by atoms with Crippen LogP contribution in [-0.2, 0) is 0 Å². The zero-order valence-electron chi connectivity index (χ0n) is 10.7. The molecule has 1 aromatic carbocycles. The predicted octanol–water partition coefficient (Wildman–Crippen LogP) is 1.71. The van der Waals surface area contributed by atoms with Crippen molar-refractivity contribution < 1.29 is 14.6 Å². The van der Waals surface area contributed by atoms with E-state index in [0.717, 1.165) is 5.69 Å². The fourth-order valence-electron chi connectivity index (χ4n) is 1.86. The van der Waals surface area contributed by atoms with Gasteiger partial charge in [0.05, 0.1) is 24.5 Å². The third-order valence-electron chi connectivity index (χ3n) is 2.53. The summed E-state index contributed by atoms with van der Waals surface area (Å²) < 4.78 is 5.19. The number of aliphatic hydroxyl groups is 1. The van der Waals surface area contributed by atoms with E-state index in [1.165, 1.54) is 6.92 Å². The second-order valence-corrected chi connectivity index (χ2v) is 4.14. The van der Waals surface area contributed by atoms with Gasteiger partial charge < -0.3 is 14.7 Å². The molecule has 0 aliphatic rings. The van der Waals surface area contributed by atoms with Crippen molar-refractivity contribution in [3.63, 3.8) is 0 Å². The molecule has 0 aliphatic carbocycles. The van der Waals surface area contributed by atoms with Crippen LogP contribution in [0.1, 0.15) is 24.2 Å². The first-order valence-electron chi connectivity index (χ1n) is 5.54. The molecule has 0 fully saturated rings. The molecule has 0 aliphatic heterocycles. The van der Waals surface area contributed by atoms with Gasteiger partial charge in [0.1, 0.15) is 5.75 Å². The maximum Gasteiger partial charge on any atom is 0.165 e. The van der Waals surface area contributed by atoms with Crippen LogP contribution in [-0.4, -0.2) is 37.7 Å². The molecule has 1 aromatic rings. The first-order chi connectivity index (χ1) is 7.97. The molecule has 0 aromatic heterocycles. The van der Waals surface area contributed by atoms with Gasteiger partial charge in [0.25, 0.3) is 0 Å². The normalized spacial score (nSPS) is 12.1. The number of hydrogen-bond acceptors (Lipinski definition) is 4. The van der Waals surface area contributed by atoms with Gasteiger partial charge >= 0.3 is 0 Å². The molecule has 1 N–H and O–H groups in total. The lowest BCUT2D eigenvalue weighted by Crippen LogP contribution is -2.28. The molecular formula is C13H19NO3. The van der Waals surface area contributed by atoms with Crippen LogP contribution < -0.4 is 9.64 Å². The molecule has 1 atom stereocenters. The van der Waals surface area contributed by atoms with Gasteiger partial charge in [-0.15, -0.1) is 0 Å². The molecule has 0 saturated heterocycles. The lowest BCUT2D eigenvalue weighted by atomic mass is 10.1. The summed E-state index contributed by atoms with van der Waals surface area (Å²) in [5, 5.41) is 9.38. The Kier molecular flexibility index (Phi) is 4.52. The topological polar surface area (TPSA) is 49.8 Å². The maximum absolute atomic E-state index is 11.7. The Hall–Kier alpha value is -1.55. The lowest BCUT2D eigenvalue weighted by Gasteiger charge is -2.24. The number of ketones is 1.